The molecule has 1 aliphatic rings. The highest BCUT2D eigenvalue weighted by molar-refractivity contribution is 5.71. The van der Waals surface area contributed by atoms with Crippen molar-refractivity contribution in [2.45, 2.75) is 6.42 Å². The Morgan fingerprint density at radius 2 is 1.89 bits per heavy atom. The van der Waals surface area contributed by atoms with Crippen LogP contribution in [-0.4, -0.2) is 58.8 Å². The molecule has 8 heteroatoms. The lowest BCUT2D eigenvalue weighted by Crippen LogP contribution is -2.30. The first-order chi connectivity index (χ1) is 13.7. The first-order valence-corrected chi connectivity index (χ1v) is 9.04. The van der Waals surface area contributed by atoms with Crippen LogP contribution >= 0.6 is 0 Å². The SMILES string of the molecule is C1COCCN1.COc1ccc(-n2ncc(CC(=O)O)c2-n2cccc2)cc1. The lowest BCUT2D eigenvalue weighted by Gasteiger charge is -2.11. The molecule has 1 saturated heterocycles. The molecule has 0 bridgehead atoms. The summed E-state index contributed by atoms with van der Waals surface area (Å²) in [5.41, 5.74) is 1.49. The third kappa shape index (κ3) is 4.99. The number of ether oxygens (including phenoxy) is 2. The number of aliphatic carboxylic acids is 1. The highest BCUT2D eigenvalue weighted by atomic mass is 16.5. The van der Waals surface area contributed by atoms with Crippen molar-refractivity contribution >= 4 is 5.97 Å². The zero-order valence-corrected chi connectivity index (χ0v) is 15.7. The van der Waals surface area contributed by atoms with E-state index in [1.165, 1.54) is 0 Å². The molecule has 28 heavy (non-hydrogen) atoms. The number of methoxy groups -OCH3 is 1. The fourth-order valence-electron chi connectivity index (χ4n) is 2.84. The van der Waals surface area contributed by atoms with E-state index in [4.69, 9.17) is 14.6 Å². The molecule has 1 aliphatic heterocycles. The van der Waals surface area contributed by atoms with Crippen LogP contribution in [0, 0.1) is 0 Å². The number of carboxylic acids is 1. The van der Waals surface area contributed by atoms with Crippen LogP contribution in [0.15, 0.2) is 55.0 Å². The number of nitrogens with zero attached hydrogens (tertiary/aromatic N) is 3. The number of carboxylic acid groups (broad SMARTS) is 1. The highest BCUT2D eigenvalue weighted by Gasteiger charge is 2.16. The predicted octanol–water partition coefficient (Wildman–Crippen LogP) is 1.90. The minimum Gasteiger partial charge on any atom is -0.497 e. The maximum absolute atomic E-state index is 11.1. The summed E-state index contributed by atoms with van der Waals surface area (Å²) in [6.45, 7) is 3.83. The van der Waals surface area contributed by atoms with Crippen LogP contribution in [0.25, 0.3) is 11.5 Å². The van der Waals surface area contributed by atoms with E-state index < -0.39 is 5.97 Å². The van der Waals surface area contributed by atoms with Gasteiger partial charge in [-0.2, -0.15) is 5.10 Å². The van der Waals surface area contributed by atoms with Gasteiger partial charge in [0, 0.05) is 31.0 Å². The van der Waals surface area contributed by atoms with E-state index in [0.717, 1.165) is 43.6 Å². The lowest BCUT2D eigenvalue weighted by molar-refractivity contribution is -0.136. The molecule has 0 unspecified atom stereocenters. The minimum atomic E-state index is -0.886. The number of morpholine rings is 1. The van der Waals surface area contributed by atoms with Gasteiger partial charge in [-0.25, -0.2) is 4.68 Å². The third-order valence-electron chi connectivity index (χ3n) is 4.17. The molecule has 0 atom stereocenters. The van der Waals surface area contributed by atoms with Crippen LogP contribution in [0.3, 0.4) is 0 Å². The number of hydrogen-bond donors (Lipinski definition) is 2. The minimum absolute atomic E-state index is 0.0797. The van der Waals surface area contributed by atoms with Gasteiger partial charge < -0.3 is 24.5 Å². The van der Waals surface area contributed by atoms with E-state index in [-0.39, 0.29) is 6.42 Å². The lowest BCUT2D eigenvalue weighted by atomic mass is 10.2. The molecule has 0 radical (unpaired) electrons. The Morgan fingerprint density at radius 1 is 1.21 bits per heavy atom. The van der Waals surface area contributed by atoms with Gasteiger partial charge in [-0.3, -0.25) is 4.79 Å². The Labute approximate surface area is 163 Å². The average Bonchev–Trinajstić information content (AvgIpc) is 3.39. The molecule has 3 aromatic rings. The Balaban J connectivity index is 0.000000320. The van der Waals surface area contributed by atoms with Crippen LogP contribution in [0.1, 0.15) is 5.56 Å². The zero-order valence-electron chi connectivity index (χ0n) is 15.7. The summed E-state index contributed by atoms with van der Waals surface area (Å²) in [6, 6.07) is 11.2. The van der Waals surface area contributed by atoms with E-state index in [0.29, 0.717) is 5.56 Å². The summed E-state index contributed by atoms with van der Waals surface area (Å²) in [7, 11) is 1.61. The molecule has 1 fully saturated rings. The van der Waals surface area contributed by atoms with E-state index in [1.807, 2.05) is 53.4 Å². The van der Waals surface area contributed by atoms with Gasteiger partial charge in [0.05, 0.1) is 38.6 Å². The number of aromatic nitrogens is 3. The molecular formula is C20H24N4O4. The highest BCUT2D eigenvalue weighted by Crippen LogP contribution is 2.22. The summed E-state index contributed by atoms with van der Waals surface area (Å²) >= 11 is 0. The number of hydrogen-bond acceptors (Lipinski definition) is 5. The van der Waals surface area contributed by atoms with Gasteiger partial charge in [-0.05, 0) is 36.4 Å². The van der Waals surface area contributed by atoms with Crippen molar-refractivity contribution in [3.05, 3.63) is 60.6 Å². The summed E-state index contributed by atoms with van der Waals surface area (Å²) < 4.78 is 13.7. The van der Waals surface area contributed by atoms with Crippen LogP contribution < -0.4 is 10.1 Å². The largest absolute Gasteiger partial charge is 0.497 e. The summed E-state index contributed by atoms with van der Waals surface area (Å²) in [5, 5.41) is 16.6. The molecule has 1 aromatic carbocycles. The molecule has 148 valence electrons. The molecule has 0 spiro atoms. The molecule has 3 heterocycles. The van der Waals surface area contributed by atoms with Crippen LogP contribution in [0.4, 0.5) is 0 Å². The molecule has 2 aromatic heterocycles. The maximum Gasteiger partial charge on any atom is 0.308 e. The smallest absolute Gasteiger partial charge is 0.308 e. The second-order valence-electron chi connectivity index (χ2n) is 6.13. The normalized spacial score (nSPS) is 13.5. The van der Waals surface area contributed by atoms with Crippen molar-refractivity contribution < 1.29 is 19.4 Å². The van der Waals surface area contributed by atoms with Gasteiger partial charge >= 0.3 is 5.97 Å². The van der Waals surface area contributed by atoms with Crippen LogP contribution in [-0.2, 0) is 16.0 Å². The molecular weight excluding hydrogens is 360 g/mol. The number of nitrogens with one attached hydrogen (secondary N) is 1. The molecule has 4 rings (SSSR count). The Bertz CT molecular complexity index is 857. The van der Waals surface area contributed by atoms with Gasteiger partial charge in [-0.15, -0.1) is 0 Å². The number of benzene rings is 1. The average molecular weight is 384 g/mol. The van der Waals surface area contributed by atoms with Gasteiger partial charge in [-0.1, -0.05) is 0 Å². The second kappa shape index (κ2) is 9.72. The second-order valence-corrected chi connectivity index (χ2v) is 6.13. The topological polar surface area (TPSA) is 90.5 Å². The van der Waals surface area contributed by atoms with Crippen molar-refractivity contribution in [2.24, 2.45) is 0 Å². The van der Waals surface area contributed by atoms with E-state index in [1.54, 1.807) is 18.0 Å². The third-order valence-corrected chi connectivity index (χ3v) is 4.17. The van der Waals surface area contributed by atoms with E-state index in [2.05, 4.69) is 10.4 Å². The van der Waals surface area contributed by atoms with Gasteiger partial charge in [0.1, 0.15) is 11.6 Å². The summed E-state index contributed by atoms with van der Waals surface area (Å²) in [5.74, 6) is 0.587. The fourth-order valence-corrected chi connectivity index (χ4v) is 2.84. The zero-order chi connectivity index (χ0) is 19.8. The van der Waals surface area contributed by atoms with Crippen molar-refractivity contribution in [3.63, 3.8) is 0 Å². The summed E-state index contributed by atoms with van der Waals surface area (Å²) in [4.78, 5) is 11.1. The maximum atomic E-state index is 11.1. The van der Waals surface area contributed by atoms with Crippen LogP contribution in [0.2, 0.25) is 0 Å². The molecule has 0 saturated carbocycles. The predicted molar refractivity (Wildman–Crippen MR) is 104 cm³/mol. The van der Waals surface area contributed by atoms with E-state index in [9.17, 15) is 4.79 Å². The Kier molecular flexibility index (Phi) is 6.83. The number of carbonyl (C=O) groups is 1. The fraction of sp³-hybridized carbons (Fsp3) is 0.300. The quantitative estimate of drug-likeness (QED) is 0.698. The van der Waals surface area contributed by atoms with Crippen molar-refractivity contribution in [1.82, 2.24) is 19.7 Å². The van der Waals surface area contributed by atoms with Crippen molar-refractivity contribution in [2.75, 3.05) is 33.4 Å². The summed E-state index contributed by atoms with van der Waals surface area (Å²) in [6.07, 6.45) is 5.24. The van der Waals surface area contributed by atoms with Crippen molar-refractivity contribution in [1.29, 1.82) is 0 Å². The molecule has 8 nitrogen and oxygen atoms in total. The monoisotopic (exact) mass is 384 g/mol. The molecule has 0 amide bonds. The molecule has 2 N–H and O–H groups in total. The van der Waals surface area contributed by atoms with Crippen LogP contribution in [0.5, 0.6) is 5.75 Å². The van der Waals surface area contributed by atoms with E-state index >= 15 is 0 Å². The van der Waals surface area contributed by atoms with Gasteiger partial charge in [0.2, 0.25) is 0 Å². The Morgan fingerprint density at radius 3 is 2.39 bits per heavy atom. The van der Waals surface area contributed by atoms with Gasteiger partial charge in [0.25, 0.3) is 0 Å². The first-order valence-electron chi connectivity index (χ1n) is 9.04. The Hall–Kier alpha value is -3.10. The van der Waals surface area contributed by atoms with Crippen molar-refractivity contribution in [3.8, 4) is 17.3 Å². The molecule has 0 aliphatic carbocycles. The number of rotatable bonds is 5. The van der Waals surface area contributed by atoms with Gasteiger partial charge in [0.15, 0.2) is 0 Å². The first kappa shape index (κ1) is 19.7. The standard InChI is InChI=1S/C16H15N3O3.C4H9NO/c1-22-14-6-4-13(5-7-14)19-16(18-8-2-3-9-18)12(11-17-19)10-15(20)21;1-3-6-4-2-5-1/h2-9,11H,10H2,1H3,(H,20,21);5H,1-4H2.